The van der Waals surface area contributed by atoms with Crippen LogP contribution in [0.4, 0.5) is 15.8 Å². The van der Waals surface area contributed by atoms with Gasteiger partial charge in [0.2, 0.25) is 0 Å². The molecule has 0 unspecified atom stereocenters. The van der Waals surface area contributed by atoms with Gasteiger partial charge in [0.1, 0.15) is 5.82 Å². The second-order valence-electron chi connectivity index (χ2n) is 7.85. The lowest BCUT2D eigenvalue weighted by atomic mass is 10.1. The summed E-state index contributed by atoms with van der Waals surface area (Å²) in [6.45, 7) is 3.36. The van der Waals surface area contributed by atoms with Crippen LogP contribution in [-0.4, -0.2) is 48.1 Å². The average molecular weight is 468 g/mol. The number of hydrogen-bond acceptors (Lipinski definition) is 4. The van der Waals surface area contributed by atoms with Gasteiger partial charge in [0, 0.05) is 54.6 Å². The molecule has 1 amide bonds. The zero-order valence-electron chi connectivity index (χ0n) is 17.8. The van der Waals surface area contributed by atoms with Crippen molar-refractivity contribution in [1.82, 2.24) is 4.90 Å². The molecule has 33 heavy (non-hydrogen) atoms. The Morgan fingerprint density at radius 3 is 2.33 bits per heavy atom. The van der Waals surface area contributed by atoms with E-state index in [0.29, 0.717) is 35.8 Å². The fourth-order valence-corrected chi connectivity index (χ4v) is 3.97. The molecule has 0 radical (unpaired) electrons. The summed E-state index contributed by atoms with van der Waals surface area (Å²) < 4.78 is 13.9. The number of hydrogen-bond donors (Lipinski definition) is 2. The highest BCUT2D eigenvalue weighted by Gasteiger charge is 2.21. The Bertz CT molecular complexity index is 1160. The zero-order valence-corrected chi connectivity index (χ0v) is 18.6. The van der Waals surface area contributed by atoms with Crippen LogP contribution in [0, 0.1) is 5.82 Å². The van der Waals surface area contributed by atoms with E-state index < -0.39 is 11.9 Å². The molecule has 1 heterocycles. The predicted molar refractivity (Wildman–Crippen MR) is 127 cm³/mol. The number of anilines is 2. The van der Waals surface area contributed by atoms with Crippen molar-refractivity contribution in [2.24, 2.45) is 0 Å². The number of carboxylic acids is 1. The van der Waals surface area contributed by atoms with Crippen LogP contribution in [0.25, 0.3) is 0 Å². The SMILES string of the molecule is O=C(Nc1ccc(N2CCN(Cc3ccccc3F)CC2)cc1C(=O)O)c1ccc(Cl)cc1. The fraction of sp³-hybridized carbons (Fsp3) is 0.200. The molecule has 170 valence electrons. The summed E-state index contributed by atoms with van der Waals surface area (Å²) in [5.74, 6) is -1.74. The quantitative estimate of drug-likeness (QED) is 0.547. The first kappa shape index (κ1) is 22.8. The summed E-state index contributed by atoms with van der Waals surface area (Å²) in [5.41, 5.74) is 2.06. The van der Waals surface area contributed by atoms with Crippen LogP contribution < -0.4 is 10.2 Å². The Labute approximate surface area is 196 Å². The number of piperazine rings is 1. The number of nitrogens with zero attached hydrogens (tertiary/aromatic N) is 2. The van der Waals surface area contributed by atoms with Crippen molar-refractivity contribution in [1.29, 1.82) is 0 Å². The van der Waals surface area contributed by atoms with Crippen molar-refractivity contribution in [3.05, 3.63) is 94.3 Å². The van der Waals surface area contributed by atoms with Gasteiger partial charge in [-0.2, -0.15) is 0 Å². The van der Waals surface area contributed by atoms with Crippen LogP contribution in [0.2, 0.25) is 5.02 Å². The molecule has 3 aromatic carbocycles. The van der Waals surface area contributed by atoms with E-state index in [9.17, 15) is 19.1 Å². The highest BCUT2D eigenvalue weighted by Crippen LogP contribution is 2.26. The minimum atomic E-state index is -1.12. The predicted octanol–water partition coefficient (Wildman–Crippen LogP) is 4.75. The lowest BCUT2D eigenvalue weighted by molar-refractivity contribution is 0.0698. The minimum Gasteiger partial charge on any atom is -0.478 e. The summed E-state index contributed by atoms with van der Waals surface area (Å²) in [6.07, 6.45) is 0. The Balaban J connectivity index is 1.43. The molecule has 0 aliphatic carbocycles. The third-order valence-electron chi connectivity index (χ3n) is 5.68. The van der Waals surface area contributed by atoms with E-state index in [1.807, 2.05) is 6.07 Å². The Morgan fingerprint density at radius 1 is 0.970 bits per heavy atom. The largest absolute Gasteiger partial charge is 0.478 e. The van der Waals surface area contributed by atoms with E-state index in [2.05, 4.69) is 15.1 Å². The van der Waals surface area contributed by atoms with Gasteiger partial charge in [0.05, 0.1) is 11.3 Å². The number of amides is 1. The number of rotatable bonds is 6. The first-order valence-corrected chi connectivity index (χ1v) is 10.9. The first-order valence-electron chi connectivity index (χ1n) is 10.6. The highest BCUT2D eigenvalue weighted by molar-refractivity contribution is 6.30. The number of halogens is 2. The van der Waals surface area contributed by atoms with Crippen molar-refractivity contribution < 1.29 is 19.1 Å². The molecule has 0 atom stereocenters. The Hall–Kier alpha value is -3.42. The number of carboxylic acid groups (broad SMARTS) is 1. The Morgan fingerprint density at radius 2 is 1.67 bits per heavy atom. The summed E-state index contributed by atoms with van der Waals surface area (Å²) in [4.78, 5) is 28.6. The summed E-state index contributed by atoms with van der Waals surface area (Å²) in [6, 6.07) is 18.1. The fourth-order valence-electron chi connectivity index (χ4n) is 3.84. The van der Waals surface area contributed by atoms with E-state index in [1.54, 1.807) is 54.6 Å². The van der Waals surface area contributed by atoms with Crippen molar-refractivity contribution in [2.75, 3.05) is 36.4 Å². The van der Waals surface area contributed by atoms with Gasteiger partial charge in [-0.15, -0.1) is 0 Å². The maximum Gasteiger partial charge on any atom is 0.337 e. The van der Waals surface area contributed by atoms with Gasteiger partial charge >= 0.3 is 5.97 Å². The molecule has 6 nitrogen and oxygen atoms in total. The molecule has 0 bridgehead atoms. The number of aromatic carboxylic acids is 1. The summed E-state index contributed by atoms with van der Waals surface area (Å²) in [5, 5.41) is 12.9. The van der Waals surface area contributed by atoms with E-state index in [0.717, 1.165) is 18.8 Å². The maximum atomic E-state index is 13.9. The third kappa shape index (κ3) is 5.50. The molecular formula is C25H23ClFN3O3. The van der Waals surface area contributed by atoms with E-state index in [1.165, 1.54) is 6.07 Å². The molecule has 1 aliphatic rings. The zero-order chi connectivity index (χ0) is 23.4. The Kier molecular flexibility index (Phi) is 6.91. The van der Waals surface area contributed by atoms with Crippen molar-refractivity contribution in [2.45, 2.75) is 6.54 Å². The van der Waals surface area contributed by atoms with Gasteiger partial charge in [-0.3, -0.25) is 9.69 Å². The molecule has 0 aromatic heterocycles. The smallest absolute Gasteiger partial charge is 0.337 e. The van der Waals surface area contributed by atoms with Gasteiger partial charge in [-0.05, 0) is 48.5 Å². The number of carbonyl (C=O) groups excluding carboxylic acids is 1. The topological polar surface area (TPSA) is 72.9 Å². The van der Waals surface area contributed by atoms with Crippen molar-refractivity contribution >= 4 is 34.9 Å². The van der Waals surface area contributed by atoms with Crippen LogP contribution in [0.15, 0.2) is 66.7 Å². The van der Waals surface area contributed by atoms with Gasteiger partial charge in [0.25, 0.3) is 5.91 Å². The van der Waals surface area contributed by atoms with Crippen LogP contribution >= 0.6 is 11.6 Å². The number of carbonyl (C=O) groups is 2. The number of nitrogens with one attached hydrogen (secondary N) is 1. The molecule has 8 heteroatoms. The van der Waals surface area contributed by atoms with Gasteiger partial charge in [-0.25, -0.2) is 9.18 Å². The molecule has 1 fully saturated rings. The average Bonchev–Trinajstić information content (AvgIpc) is 2.81. The highest BCUT2D eigenvalue weighted by atomic mass is 35.5. The molecule has 3 aromatic rings. The molecule has 1 aliphatic heterocycles. The molecule has 1 saturated heterocycles. The summed E-state index contributed by atoms with van der Waals surface area (Å²) in [7, 11) is 0. The molecule has 0 saturated carbocycles. The molecule has 0 spiro atoms. The van der Waals surface area contributed by atoms with Crippen molar-refractivity contribution in [3.63, 3.8) is 0 Å². The number of benzene rings is 3. The third-order valence-corrected chi connectivity index (χ3v) is 5.93. The van der Waals surface area contributed by atoms with Crippen LogP contribution in [0.3, 0.4) is 0 Å². The maximum absolute atomic E-state index is 13.9. The summed E-state index contributed by atoms with van der Waals surface area (Å²) >= 11 is 5.86. The van der Waals surface area contributed by atoms with Crippen LogP contribution in [0.5, 0.6) is 0 Å². The van der Waals surface area contributed by atoms with Gasteiger partial charge in [0.15, 0.2) is 0 Å². The lowest BCUT2D eigenvalue weighted by Crippen LogP contribution is -2.46. The molecule has 2 N–H and O–H groups in total. The minimum absolute atomic E-state index is 0.0172. The van der Waals surface area contributed by atoms with Gasteiger partial charge in [-0.1, -0.05) is 29.8 Å². The van der Waals surface area contributed by atoms with Crippen LogP contribution in [0.1, 0.15) is 26.3 Å². The molecule has 4 rings (SSSR count). The lowest BCUT2D eigenvalue weighted by Gasteiger charge is -2.36. The van der Waals surface area contributed by atoms with Crippen LogP contribution in [-0.2, 0) is 6.54 Å². The van der Waals surface area contributed by atoms with Gasteiger partial charge < -0.3 is 15.3 Å². The van der Waals surface area contributed by atoms with E-state index in [-0.39, 0.29) is 17.1 Å². The second-order valence-corrected chi connectivity index (χ2v) is 8.29. The normalized spacial score (nSPS) is 14.2. The monoisotopic (exact) mass is 467 g/mol. The first-order chi connectivity index (χ1) is 15.9. The second kappa shape index (κ2) is 10.0. The van der Waals surface area contributed by atoms with Crippen molar-refractivity contribution in [3.8, 4) is 0 Å². The molecular weight excluding hydrogens is 445 g/mol. The van der Waals surface area contributed by atoms with E-state index >= 15 is 0 Å². The van der Waals surface area contributed by atoms with E-state index in [4.69, 9.17) is 11.6 Å². The standard InChI is InChI=1S/C25H23ClFN3O3/c26-19-7-5-17(6-8-19)24(31)28-23-10-9-20(15-21(23)25(32)33)30-13-11-29(12-14-30)16-18-3-1-2-4-22(18)27/h1-10,15H,11-14,16H2,(H,28,31)(H,32,33).